The van der Waals surface area contributed by atoms with E-state index < -0.39 is 11.6 Å². The highest BCUT2D eigenvalue weighted by Gasteiger charge is 2.11. The van der Waals surface area contributed by atoms with Gasteiger partial charge >= 0.3 is 0 Å². The Morgan fingerprint density at radius 2 is 1.20 bits per heavy atom. The second-order valence-corrected chi connectivity index (χ2v) is 5.65. The van der Waals surface area contributed by atoms with Crippen molar-refractivity contribution in [2.75, 3.05) is 24.7 Å². The van der Waals surface area contributed by atoms with E-state index in [1.807, 2.05) is 0 Å². The molecule has 2 rings (SSSR count). The van der Waals surface area contributed by atoms with Gasteiger partial charge in [0.2, 0.25) is 0 Å². The van der Waals surface area contributed by atoms with E-state index in [-0.39, 0.29) is 11.1 Å². The molecule has 0 heterocycles. The molecule has 2 N–H and O–H groups in total. The third kappa shape index (κ3) is 4.21. The van der Waals surface area contributed by atoms with Gasteiger partial charge in [-0.05, 0) is 54.7 Å². The fourth-order valence-corrected chi connectivity index (χ4v) is 2.75. The molecule has 0 aliphatic heterocycles. The van der Waals surface area contributed by atoms with Crippen LogP contribution in [0.5, 0.6) is 0 Å². The molecule has 2 aromatic carbocycles. The van der Waals surface area contributed by atoms with Crippen LogP contribution in [-0.4, -0.2) is 26.7 Å². The van der Waals surface area contributed by atoms with Crippen molar-refractivity contribution >= 4 is 23.9 Å². The van der Waals surface area contributed by atoms with Gasteiger partial charge in [-0.1, -0.05) is 0 Å². The second kappa shape index (κ2) is 8.37. The van der Waals surface area contributed by atoms with Crippen LogP contribution < -0.4 is 10.6 Å². The van der Waals surface area contributed by atoms with Crippen LogP contribution in [0.4, 0.5) is 20.2 Å². The maximum absolute atomic E-state index is 14.1. The number of carbonyl (C=O) groups excluding carboxylic acids is 2. The molecule has 0 saturated heterocycles. The third-order valence-corrected chi connectivity index (χ3v) is 4.12. The molecule has 4 nitrogen and oxygen atoms in total. The molecule has 0 aromatic heterocycles. The quantitative estimate of drug-likeness (QED) is 0.713. The molecular weight excluding hydrogens is 326 g/mol. The molecular formula is C19H20F2N2O2. The van der Waals surface area contributed by atoms with E-state index in [4.69, 9.17) is 0 Å². The van der Waals surface area contributed by atoms with Gasteiger partial charge in [-0.2, -0.15) is 0 Å². The van der Waals surface area contributed by atoms with Crippen LogP contribution in [0.15, 0.2) is 24.3 Å². The minimum Gasteiger partial charge on any atom is -0.388 e. The lowest BCUT2D eigenvalue weighted by Crippen LogP contribution is -2.02. The smallest absolute Gasteiger partial charge is 0.152 e. The molecule has 2 aromatic rings. The van der Waals surface area contributed by atoms with Crippen molar-refractivity contribution < 1.29 is 18.4 Å². The molecule has 25 heavy (non-hydrogen) atoms. The first kappa shape index (κ1) is 18.6. The SMILES string of the molecule is CNc1cc(CCCc2cc(NC)c(C=O)cc2F)c(F)cc1C=O. The van der Waals surface area contributed by atoms with Crippen molar-refractivity contribution in [1.82, 2.24) is 0 Å². The Kier molecular flexibility index (Phi) is 6.22. The summed E-state index contributed by atoms with van der Waals surface area (Å²) in [6.45, 7) is 0. The van der Waals surface area contributed by atoms with Crippen LogP contribution >= 0.6 is 0 Å². The number of hydrogen-bond acceptors (Lipinski definition) is 4. The summed E-state index contributed by atoms with van der Waals surface area (Å²) in [5, 5.41) is 5.72. The van der Waals surface area contributed by atoms with Crippen molar-refractivity contribution in [3.63, 3.8) is 0 Å². The Morgan fingerprint density at radius 1 is 0.800 bits per heavy atom. The Balaban J connectivity index is 2.13. The van der Waals surface area contributed by atoms with Crippen molar-refractivity contribution in [2.45, 2.75) is 19.3 Å². The van der Waals surface area contributed by atoms with Crippen LogP contribution in [0, 0.1) is 11.6 Å². The predicted molar refractivity (Wildman–Crippen MR) is 94.7 cm³/mol. The van der Waals surface area contributed by atoms with E-state index >= 15 is 0 Å². The van der Waals surface area contributed by atoms with Crippen LogP contribution in [0.2, 0.25) is 0 Å². The Hall–Kier alpha value is -2.76. The fourth-order valence-electron chi connectivity index (χ4n) is 2.75. The van der Waals surface area contributed by atoms with Crippen LogP contribution in [0.1, 0.15) is 38.3 Å². The monoisotopic (exact) mass is 346 g/mol. The van der Waals surface area contributed by atoms with Gasteiger partial charge in [0.05, 0.1) is 0 Å². The van der Waals surface area contributed by atoms with E-state index in [2.05, 4.69) is 10.6 Å². The molecule has 0 spiro atoms. The summed E-state index contributed by atoms with van der Waals surface area (Å²) < 4.78 is 28.1. The molecule has 0 aliphatic rings. The van der Waals surface area contributed by atoms with Gasteiger partial charge in [0.1, 0.15) is 11.6 Å². The van der Waals surface area contributed by atoms with E-state index in [9.17, 15) is 18.4 Å². The number of rotatable bonds is 8. The molecule has 0 fully saturated rings. The molecule has 0 amide bonds. The van der Waals surface area contributed by atoms with Gasteiger partial charge in [-0.3, -0.25) is 9.59 Å². The summed E-state index contributed by atoms with van der Waals surface area (Å²) >= 11 is 0. The van der Waals surface area contributed by atoms with E-state index in [0.29, 0.717) is 54.3 Å². The number of aryl methyl sites for hydroxylation is 2. The summed E-state index contributed by atoms with van der Waals surface area (Å²) in [7, 11) is 3.32. The highest BCUT2D eigenvalue weighted by molar-refractivity contribution is 5.85. The van der Waals surface area contributed by atoms with E-state index in [0.717, 1.165) is 0 Å². The first-order valence-corrected chi connectivity index (χ1v) is 7.94. The number of anilines is 2. The summed E-state index contributed by atoms with van der Waals surface area (Å²) in [6, 6.07) is 5.60. The number of halogens is 2. The van der Waals surface area contributed by atoms with Crippen molar-refractivity contribution in [3.8, 4) is 0 Å². The zero-order chi connectivity index (χ0) is 18.4. The average molecular weight is 346 g/mol. The molecule has 132 valence electrons. The molecule has 0 atom stereocenters. The van der Waals surface area contributed by atoms with Crippen molar-refractivity contribution in [3.05, 3.63) is 58.2 Å². The maximum atomic E-state index is 14.1. The van der Waals surface area contributed by atoms with Crippen molar-refractivity contribution in [1.29, 1.82) is 0 Å². The lowest BCUT2D eigenvalue weighted by molar-refractivity contribution is 0.111. The standard InChI is InChI=1S/C19H20F2N2O2/c1-22-18-8-12(16(20)6-14(18)10-24)4-3-5-13-9-19(23-2)15(11-25)7-17(13)21/h6-11,22-23H,3-5H2,1-2H3. The zero-order valence-electron chi connectivity index (χ0n) is 14.2. The summed E-state index contributed by atoms with van der Waals surface area (Å²) in [5.41, 5.74) is 2.58. The number of hydrogen-bond donors (Lipinski definition) is 2. The topological polar surface area (TPSA) is 58.2 Å². The van der Waals surface area contributed by atoms with Gasteiger partial charge in [-0.25, -0.2) is 8.78 Å². The Morgan fingerprint density at radius 3 is 1.52 bits per heavy atom. The maximum Gasteiger partial charge on any atom is 0.152 e. The lowest BCUT2D eigenvalue weighted by Gasteiger charge is -2.11. The minimum absolute atomic E-state index is 0.262. The third-order valence-electron chi connectivity index (χ3n) is 4.12. The molecule has 0 unspecified atom stereocenters. The second-order valence-electron chi connectivity index (χ2n) is 5.65. The van der Waals surface area contributed by atoms with Gasteiger partial charge in [0.15, 0.2) is 12.6 Å². The van der Waals surface area contributed by atoms with Gasteiger partial charge in [0, 0.05) is 36.6 Å². The van der Waals surface area contributed by atoms with Crippen LogP contribution in [-0.2, 0) is 12.8 Å². The van der Waals surface area contributed by atoms with Gasteiger partial charge in [-0.15, -0.1) is 0 Å². The number of nitrogens with one attached hydrogen (secondary N) is 2. The van der Waals surface area contributed by atoms with Crippen molar-refractivity contribution in [2.24, 2.45) is 0 Å². The largest absolute Gasteiger partial charge is 0.388 e. The number of aldehydes is 2. The first-order chi connectivity index (χ1) is 12.0. The van der Waals surface area contributed by atoms with Gasteiger partial charge < -0.3 is 10.6 Å². The minimum atomic E-state index is -0.450. The van der Waals surface area contributed by atoms with Crippen LogP contribution in [0.3, 0.4) is 0 Å². The predicted octanol–water partition coefficient (Wildman–Crippen LogP) is 3.85. The summed E-state index contributed by atoms with van der Waals surface area (Å²) in [6.07, 6.45) is 2.54. The van der Waals surface area contributed by atoms with Crippen LogP contribution in [0.25, 0.3) is 0 Å². The number of benzene rings is 2. The lowest BCUT2D eigenvalue weighted by atomic mass is 9.99. The van der Waals surface area contributed by atoms with E-state index in [1.165, 1.54) is 12.1 Å². The number of carbonyl (C=O) groups is 2. The molecule has 0 saturated carbocycles. The molecule has 6 heteroatoms. The normalized spacial score (nSPS) is 10.4. The zero-order valence-corrected chi connectivity index (χ0v) is 14.2. The molecule has 0 radical (unpaired) electrons. The Bertz CT molecular complexity index is 726. The van der Waals surface area contributed by atoms with Gasteiger partial charge in [0.25, 0.3) is 0 Å². The highest BCUT2D eigenvalue weighted by atomic mass is 19.1. The first-order valence-electron chi connectivity index (χ1n) is 7.94. The summed E-state index contributed by atoms with van der Waals surface area (Å²) in [4.78, 5) is 21.8. The fraction of sp³-hybridized carbons (Fsp3) is 0.263. The highest BCUT2D eigenvalue weighted by Crippen LogP contribution is 2.23. The van der Waals surface area contributed by atoms with E-state index in [1.54, 1.807) is 26.2 Å². The molecule has 0 bridgehead atoms. The Labute approximate surface area is 145 Å². The molecule has 0 aliphatic carbocycles. The summed E-state index contributed by atoms with van der Waals surface area (Å²) in [5.74, 6) is -0.900. The average Bonchev–Trinajstić information content (AvgIpc) is 2.63.